The maximum atomic E-state index is 6.79. The number of benzene rings is 8. The van der Waals surface area contributed by atoms with Gasteiger partial charge in [0.1, 0.15) is 24.0 Å². The lowest BCUT2D eigenvalue weighted by atomic mass is 9.77. The van der Waals surface area contributed by atoms with Gasteiger partial charge in [0.15, 0.2) is 0 Å². The summed E-state index contributed by atoms with van der Waals surface area (Å²) in [5.74, 6) is 2.40. The molecule has 8 aromatic carbocycles. The summed E-state index contributed by atoms with van der Waals surface area (Å²) in [5.41, 5.74) is 13.6. The second-order valence-corrected chi connectivity index (χ2v) is 18.1. The van der Waals surface area contributed by atoms with Crippen LogP contribution < -0.4 is 14.5 Å². The molecule has 2 aromatic heterocycles. The molecule has 3 heterocycles. The number of hydrogen-bond donors (Lipinski definition) is 0. The highest BCUT2D eigenvalue weighted by atomic mass is 16.5. The number of rotatable bonds is 10. The van der Waals surface area contributed by atoms with E-state index in [2.05, 4.69) is 248 Å². The standard InChI is InChI=1S/C60H50N4O/c1-59(2,44-21-10-6-11-22-44)46-33-34-61-58(38-46)64-54-28-15-14-27-52(54)53-32-31-51(40-57(53)64)65-50-26-18-25-48(39-50)62-41-63(56-30-17-16-29-55(56)62)49-36-43(42-19-8-5-9-20-42)35-47(37-49)60(3,4)45-23-12-7-13-24-45/h5-40H,41H2,1-4H3. The van der Waals surface area contributed by atoms with Crippen LogP contribution in [0, 0.1) is 0 Å². The summed E-state index contributed by atoms with van der Waals surface area (Å²) in [6.07, 6.45) is 1.93. The topological polar surface area (TPSA) is 33.5 Å². The highest BCUT2D eigenvalue weighted by molar-refractivity contribution is 6.09. The maximum absolute atomic E-state index is 6.79. The highest BCUT2D eigenvalue weighted by Crippen LogP contribution is 2.47. The summed E-state index contributed by atoms with van der Waals surface area (Å²) in [5, 5.41) is 2.32. The van der Waals surface area contributed by atoms with Crippen molar-refractivity contribution in [2.45, 2.75) is 38.5 Å². The molecule has 5 nitrogen and oxygen atoms in total. The van der Waals surface area contributed by atoms with E-state index in [9.17, 15) is 0 Å². The van der Waals surface area contributed by atoms with Crippen molar-refractivity contribution >= 4 is 44.6 Å². The van der Waals surface area contributed by atoms with Crippen molar-refractivity contribution in [1.29, 1.82) is 0 Å². The quantitative estimate of drug-likeness (QED) is 0.137. The first-order valence-corrected chi connectivity index (χ1v) is 22.5. The summed E-state index contributed by atoms with van der Waals surface area (Å²) in [6.45, 7) is 9.85. The zero-order valence-electron chi connectivity index (χ0n) is 37.2. The van der Waals surface area contributed by atoms with Gasteiger partial charge in [-0.05, 0) is 100 Å². The summed E-state index contributed by atoms with van der Waals surface area (Å²) in [6, 6.07) is 75.8. The van der Waals surface area contributed by atoms with E-state index in [1.54, 1.807) is 0 Å². The number of aromatic nitrogens is 2. The Labute approximate surface area is 381 Å². The average molecular weight is 843 g/mol. The highest BCUT2D eigenvalue weighted by Gasteiger charge is 2.31. The third-order valence-electron chi connectivity index (χ3n) is 13.5. The molecule has 10 aromatic rings. The number of ether oxygens (including phenoxy) is 1. The van der Waals surface area contributed by atoms with Crippen LogP contribution in [0.4, 0.5) is 22.7 Å². The van der Waals surface area contributed by atoms with Crippen LogP contribution in [0.2, 0.25) is 0 Å². The average Bonchev–Trinajstić information content (AvgIpc) is 3.91. The van der Waals surface area contributed by atoms with Gasteiger partial charge in [-0.3, -0.25) is 4.57 Å². The van der Waals surface area contributed by atoms with Gasteiger partial charge in [-0.15, -0.1) is 0 Å². The normalized spacial score (nSPS) is 12.8. The fourth-order valence-electron chi connectivity index (χ4n) is 9.67. The second kappa shape index (κ2) is 16.0. The summed E-state index contributed by atoms with van der Waals surface area (Å²) < 4.78 is 9.07. The fourth-order valence-corrected chi connectivity index (χ4v) is 9.67. The van der Waals surface area contributed by atoms with Crippen LogP contribution in [-0.4, -0.2) is 16.2 Å². The van der Waals surface area contributed by atoms with Gasteiger partial charge in [-0.2, -0.15) is 0 Å². The number of hydrogen-bond acceptors (Lipinski definition) is 4. The van der Waals surface area contributed by atoms with Crippen molar-refractivity contribution in [3.63, 3.8) is 0 Å². The van der Waals surface area contributed by atoms with Crippen LogP contribution in [0.25, 0.3) is 38.8 Å². The van der Waals surface area contributed by atoms with E-state index in [0.29, 0.717) is 6.67 Å². The Morgan fingerprint density at radius 1 is 0.415 bits per heavy atom. The molecule has 0 saturated heterocycles. The molecule has 0 radical (unpaired) electrons. The van der Waals surface area contributed by atoms with Crippen LogP contribution in [-0.2, 0) is 10.8 Å². The predicted octanol–water partition coefficient (Wildman–Crippen LogP) is 15.5. The minimum absolute atomic E-state index is 0.210. The minimum Gasteiger partial charge on any atom is -0.457 e. The van der Waals surface area contributed by atoms with Gasteiger partial charge in [0.05, 0.1) is 22.4 Å². The molecule has 0 saturated carbocycles. The molecule has 0 bridgehead atoms. The molecule has 11 rings (SSSR count). The lowest BCUT2D eigenvalue weighted by Crippen LogP contribution is -2.25. The van der Waals surface area contributed by atoms with Crippen molar-refractivity contribution < 1.29 is 4.74 Å². The van der Waals surface area contributed by atoms with Crippen molar-refractivity contribution in [2.24, 2.45) is 0 Å². The Balaban J connectivity index is 0.941. The summed E-state index contributed by atoms with van der Waals surface area (Å²) in [7, 11) is 0. The van der Waals surface area contributed by atoms with Gasteiger partial charge < -0.3 is 14.5 Å². The van der Waals surface area contributed by atoms with E-state index < -0.39 is 0 Å². The van der Waals surface area contributed by atoms with E-state index >= 15 is 0 Å². The van der Waals surface area contributed by atoms with Gasteiger partial charge in [0.2, 0.25) is 0 Å². The monoisotopic (exact) mass is 842 g/mol. The van der Waals surface area contributed by atoms with E-state index in [0.717, 1.165) is 56.5 Å². The molecule has 65 heavy (non-hydrogen) atoms. The molecule has 5 heteroatoms. The second-order valence-electron chi connectivity index (χ2n) is 18.1. The molecule has 1 aliphatic heterocycles. The Morgan fingerprint density at radius 3 is 1.74 bits per heavy atom. The fraction of sp³-hybridized carbons (Fsp3) is 0.117. The molecule has 0 amide bonds. The third kappa shape index (κ3) is 7.19. The zero-order chi connectivity index (χ0) is 44.1. The van der Waals surface area contributed by atoms with E-state index in [4.69, 9.17) is 9.72 Å². The molecule has 1 aliphatic rings. The Morgan fingerprint density at radius 2 is 1.02 bits per heavy atom. The third-order valence-corrected chi connectivity index (χ3v) is 13.5. The van der Waals surface area contributed by atoms with E-state index in [1.807, 2.05) is 12.3 Å². The predicted molar refractivity (Wildman–Crippen MR) is 270 cm³/mol. The zero-order valence-corrected chi connectivity index (χ0v) is 37.2. The molecule has 0 aliphatic carbocycles. The van der Waals surface area contributed by atoms with Gasteiger partial charge in [0, 0.05) is 51.3 Å². The molecule has 316 valence electrons. The molecule has 0 N–H and O–H groups in total. The Bertz CT molecular complexity index is 3340. The van der Waals surface area contributed by atoms with Crippen molar-refractivity contribution in [3.8, 4) is 28.4 Å². The van der Waals surface area contributed by atoms with Crippen molar-refractivity contribution in [2.75, 3.05) is 16.5 Å². The van der Waals surface area contributed by atoms with E-state index in [1.165, 1.54) is 38.8 Å². The first kappa shape index (κ1) is 39.9. The SMILES string of the molecule is CC(C)(c1ccccc1)c1cc(-c2ccccc2)cc(N2CN(c3cccc(Oc4ccc5c6ccccc6n(-c6cc(C(C)(C)c7ccccc7)ccn6)c5c4)c3)c3ccccc32)c1. The number of pyridine rings is 1. The van der Waals surface area contributed by atoms with Gasteiger partial charge in [0.25, 0.3) is 0 Å². The van der Waals surface area contributed by atoms with Gasteiger partial charge in [-0.1, -0.05) is 161 Å². The first-order chi connectivity index (χ1) is 31.7. The molecule has 0 spiro atoms. The number of fused-ring (bicyclic) bond motifs is 4. The molecule has 0 atom stereocenters. The van der Waals surface area contributed by atoms with Crippen LogP contribution in [0.5, 0.6) is 11.5 Å². The largest absolute Gasteiger partial charge is 0.457 e. The lowest BCUT2D eigenvalue weighted by Gasteiger charge is -2.29. The van der Waals surface area contributed by atoms with Crippen LogP contribution >= 0.6 is 0 Å². The maximum Gasteiger partial charge on any atom is 0.137 e. The van der Waals surface area contributed by atoms with Crippen LogP contribution in [0.1, 0.15) is 49.9 Å². The van der Waals surface area contributed by atoms with Crippen molar-refractivity contribution in [3.05, 3.63) is 241 Å². The van der Waals surface area contributed by atoms with E-state index in [-0.39, 0.29) is 10.8 Å². The van der Waals surface area contributed by atoms with Gasteiger partial charge >= 0.3 is 0 Å². The molecule has 0 unspecified atom stereocenters. The van der Waals surface area contributed by atoms with Crippen molar-refractivity contribution in [1.82, 2.24) is 9.55 Å². The smallest absolute Gasteiger partial charge is 0.137 e. The number of para-hydroxylation sites is 3. The summed E-state index contributed by atoms with van der Waals surface area (Å²) in [4.78, 5) is 9.79. The molecular formula is C60H50N4O. The lowest BCUT2D eigenvalue weighted by molar-refractivity contribution is 0.483. The Kier molecular flexibility index (Phi) is 9.84. The first-order valence-electron chi connectivity index (χ1n) is 22.5. The number of anilines is 4. The van der Waals surface area contributed by atoms with Crippen LogP contribution in [0.3, 0.4) is 0 Å². The minimum atomic E-state index is -0.220. The summed E-state index contributed by atoms with van der Waals surface area (Å²) >= 11 is 0. The molecule has 0 fully saturated rings. The molecular weight excluding hydrogens is 793 g/mol. The van der Waals surface area contributed by atoms with Gasteiger partial charge in [-0.25, -0.2) is 4.98 Å². The number of nitrogens with zero attached hydrogens (tertiary/aromatic N) is 4. The van der Waals surface area contributed by atoms with Crippen LogP contribution in [0.15, 0.2) is 219 Å². The Hall–Kier alpha value is -7.89.